The molecule has 0 radical (unpaired) electrons. The molecule has 0 atom stereocenters. The van der Waals surface area contributed by atoms with Crippen molar-refractivity contribution in [1.29, 1.82) is 0 Å². The Balaban J connectivity index is 0.000000163. The van der Waals surface area contributed by atoms with Gasteiger partial charge in [0.05, 0.1) is 22.4 Å². The van der Waals surface area contributed by atoms with Crippen LogP contribution < -0.4 is 83.3 Å². The number of aryl methyl sites for hydroxylation is 5. The number of benzene rings is 4. The summed E-state index contributed by atoms with van der Waals surface area (Å²) in [6, 6.07) is 28.0. The zero-order valence-electron chi connectivity index (χ0n) is 79.9. The van der Waals surface area contributed by atoms with Crippen molar-refractivity contribution < 1.29 is 30.9 Å². The first-order valence-corrected chi connectivity index (χ1v) is 47.7. The highest BCUT2D eigenvalue weighted by molar-refractivity contribution is 7.89. The number of ether oxygens (including phenoxy) is 1. The topological polar surface area (TPSA) is 598 Å². The first kappa shape index (κ1) is 104. The smallest absolute Gasteiger partial charge is 0.332 e. The average Bonchev–Trinajstić information content (AvgIpc) is 1.63. The molecule has 16 rings (SSSR count). The van der Waals surface area contributed by atoms with E-state index in [2.05, 4.69) is 65.1 Å². The first-order valence-electron chi connectivity index (χ1n) is 44.9. The molecular weight excluding hydrogens is 1840 g/mol. The van der Waals surface area contributed by atoms with Gasteiger partial charge >= 0.3 is 34.1 Å². The minimum atomic E-state index is -4.54. The number of aromatic amines is 6. The lowest BCUT2D eigenvalue weighted by molar-refractivity contribution is -0.123. The molecule has 0 aliphatic heterocycles. The summed E-state index contributed by atoms with van der Waals surface area (Å²) >= 11 is 0. The zero-order valence-corrected chi connectivity index (χ0v) is 81.5. The molecule has 0 unspecified atom stereocenters. The first-order chi connectivity index (χ1) is 66.2. The predicted molar refractivity (Wildman–Crippen MR) is 525 cm³/mol. The van der Waals surface area contributed by atoms with Gasteiger partial charge in [-0.25, -0.2) is 75.5 Å². The summed E-state index contributed by atoms with van der Waals surface area (Å²) in [4.78, 5) is 203. The maximum atomic E-state index is 12.9. The zero-order chi connectivity index (χ0) is 102. The molecule has 139 heavy (non-hydrogen) atoms. The van der Waals surface area contributed by atoms with E-state index < -0.39 is 42.6 Å². The normalized spacial score (nSPS) is 11.6. The Morgan fingerprint density at radius 1 is 0.453 bits per heavy atom. The Bertz CT molecular complexity index is 8210. The fourth-order valence-corrected chi connectivity index (χ4v) is 16.5. The molecule has 0 bridgehead atoms. The minimum Gasteiger partial charge on any atom is -0.744 e. The highest BCUT2D eigenvalue weighted by atomic mass is 32.2. The molecule has 4 aromatic carbocycles. The molecule has 9 N–H and O–H groups in total. The maximum absolute atomic E-state index is 12.9. The number of H-pyrrole nitrogens is 6. The van der Waals surface area contributed by atoms with E-state index in [4.69, 9.17) is 10.5 Å². The number of fused-ring (bicyclic) bond motifs is 6. The highest BCUT2D eigenvalue weighted by Gasteiger charge is 2.26. The van der Waals surface area contributed by atoms with Gasteiger partial charge in [0, 0.05) is 136 Å². The van der Waals surface area contributed by atoms with Crippen LogP contribution >= 0.6 is 0 Å². The van der Waals surface area contributed by atoms with E-state index in [0.29, 0.717) is 194 Å². The summed E-state index contributed by atoms with van der Waals surface area (Å²) in [6.07, 6.45) is 5.63. The lowest BCUT2D eigenvalue weighted by Gasteiger charge is -2.19. The van der Waals surface area contributed by atoms with Crippen LogP contribution in [0, 0.1) is 5.92 Å². The van der Waals surface area contributed by atoms with Crippen LogP contribution in [0.2, 0.25) is 0 Å². The van der Waals surface area contributed by atoms with Gasteiger partial charge in [0.15, 0.2) is 46.0 Å². The second kappa shape index (κ2) is 45.2. The molecule has 1 amide bonds. The highest BCUT2D eigenvalue weighted by Crippen LogP contribution is 2.27. The summed E-state index contributed by atoms with van der Waals surface area (Å²) in [5.41, 5.74) is 7.62. The van der Waals surface area contributed by atoms with E-state index in [1.165, 1.54) is 109 Å². The molecule has 47 nitrogen and oxygen atoms in total. The van der Waals surface area contributed by atoms with Crippen molar-refractivity contribution in [3.05, 3.63) is 241 Å². The molecule has 0 spiro atoms. The molecule has 49 heteroatoms. The lowest BCUT2D eigenvalue weighted by Crippen LogP contribution is -2.40. The number of rotatable bonds is 29. The van der Waals surface area contributed by atoms with E-state index in [-0.39, 0.29) is 90.5 Å². The Hall–Kier alpha value is -15.2. The van der Waals surface area contributed by atoms with Crippen molar-refractivity contribution in [3.8, 4) is 51.3 Å². The van der Waals surface area contributed by atoms with E-state index in [1.54, 1.807) is 68.9 Å². The number of imidazole rings is 6. The molecule has 12 heterocycles. The number of aromatic nitrogens is 24. The second-order valence-corrected chi connectivity index (χ2v) is 36.0. The number of likely N-dealkylation sites (N-methyl/N-ethyl adjacent to an activating group) is 2. The Labute approximate surface area is 791 Å². The molecular formula is C90H113N28O19S2-. The van der Waals surface area contributed by atoms with Gasteiger partial charge in [-0.1, -0.05) is 84.0 Å². The maximum Gasteiger partial charge on any atom is 0.332 e. The molecule has 0 aliphatic rings. The quantitative estimate of drug-likeness (QED) is 0.0311. The van der Waals surface area contributed by atoms with Crippen molar-refractivity contribution in [2.75, 3.05) is 53.9 Å². The number of carbonyl (C=O) groups excluding carboxylic acids is 1. The van der Waals surface area contributed by atoms with Crippen LogP contribution in [0.15, 0.2) is 183 Å². The number of carbonyl (C=O) groups is 1. The number of nitrogens with one attached hydrogen (secondary N) is 7. The molecule has 12 aromatic heterocycles. The summed E-state index contributed by atoms with van der Waals surface area (Å²) in [5, 5.41) is 2.62. The Morgan fingerprint density at radius 3 is 1.27 bits per heavy atom. The number of hydrogen-bond donors (Lipinski definition) is 8. The number of hydrogen-bond acceptors (Lipinski definition) is 27. The third-order valence-corrected chi connectivity index (χ3v) is 24.8. The van der Waals surface area contributed by atoms with Gasteiger partial charge in [-0.2, -0.15) is 4.31 Å². The average molecular weight is 1960 g/mol. The summed E-state index contributed by atoms with van der Waals surface area (Å²) in [5.74, 6) is 2.38. The van der Waals surface area contributed by atoms with Gasteiger partial charge < -0.3 is 54.7 Å². The molecule has 0 saturated heterocycles. The van der Waals surface area contributed by atoms with Gasteiger partial charge in [-0.3, -0.25) is 88.8 Å². The van der Waals surface area contributed by atoms with Crippen LogP contribution in [0.3, 0.4) is 0 Å². The van der Waals surface area contributed by atoms with Crippen LogP contribution in [-0.2, 0) is 105 Å². The molecule has 16 aromatic rings. The van der Waals surface area contributed by atoms with Gasteiger partial charge in [0.1, 0.15) is 66.7 Å². The molecule has 0 aliphatic carbocycles. The fraction of sp³-hybridized carbons (Fsp3) is 0.389. The minimum absolute atomic E-state index is 0.108. The van der Waals surface area contributed by atoms with Crippen molar-refractivity contribution in [1.82, 2.24) is 129 Å². The van der Waals surface area contributed by atoms with Crippen LogP contribution in [-0.4, -0.2) is 205 Å². The van der Waals surface area contributed by atoms with Crippen molar-refractivity contribution in [3.63, 3.8) is 0 Å². The van der Waals surface area contributed by atoms with Gasteiger partial charge in [0.2, 0.25) is 10.0 Å². The predicted octanol–water partition coefficient (Wildman–Crippen LogP) is 3.51. The number of nitrogens with zero attached hydrogens (tertiary/aromatic N) is 20. The van der Waals surface area contributed by atoms with Gasteiger partial charge in [-0.15, -0.1) is 0 Å². The van der Waals surface area contributed by atoms with E-state index in [1.807, 2.05) is 105 Å². The number of amides is 1. The summed E-state index contributed by atoms with van der Waals surface area (Å²) in [6.45, 7) is 24.1. The summed E-state index contributed by atoms with van der Waals surface area (Å²) in [7, 11) is 1.77. The SMILES string of the molecule is CC(C)Cn1c(=O)n(C)c(=O)c2[nH]cnc21.CCCn1c(=O)c2[nH]c(-c3ccc(S(=O)(=O)N(C)CCN(C)C)cc3)nc2n(CCC)c1=O.CCCn1c(=O)c2[nH]c(-c3ccc(S(=O)(=O)[O-])cc3)nc2n(CCC)c1=O.CCn1c(=O)c2[nH]c(-c3ccc(OCC(=O)NCCN)cc3)nc2n(CC)c1=O.CCn1c(=O)c2[nH]c(-c3ccccc3)nc2n(CC)c1=O.Cn1c(=O)[nH]c2ncn(C)c2c1=O. The van der Waals surface area contributed by atoms with Crippen molar-refractivity contribution in [2.24, 2.45) is 32.8 Å². The third kappa shape index (κ3) is 22.6. The van der Waals surface area contributed by atoms with Crippen molar-refractivity contribution >= 4 is 93.0 Å². The van der Waals surface area contributed by atoms with Crippen molar-refractivity contribution in [2.45, 2.75) is 164 Å². The molecule has 0 saturated carbocycles. The fourth-order valence-electron chi connectivity index (χ4n) is 14.9. The Morgan fingerprint density at radius 2 is 0.856 bits per heavy atom. The summed E-state index contributed by atoms with van der Waals surface area (Å²) < 4.78 is 81.6. The Kier molecular flexibility index (Phi) is 33.9. The largest absolute Gasteiger partial charge is 0.744 e. The van der Waals surface area contributed by atoms with E-state index in [0.717, 1.165) is 26.7 Å². The molecule has 740 valence electrons. The third-order valence-electron chi connectivity index (χ3n) is 22.1. The second-order valence-electron chi connectivity index (χ2n) is 32.6. The number of sulfonamides is 1. The lowest BCUT2D eigenvalue weighted by atomic mass is 10.2. The standard InChI is InChI=1S/C22H32N6O4S.C19H24N6O4.C17H20N4O5S.C15H16N4O2.C10H14N4O2.C7H8N4O2/c1-6-12-27-20-18(21(29)28(13-7-2)22(27)30)23-19(24-20)16-8-10-17(11-9-16)33(31,32)26(5)15-14-25(3)4;1-3-24-17-15(18(27)25(4-2)19(24)28)22-16(23-17)12-5-7-13(8-6-12)29-11-14(26)21-10-9-20;1-3-9-20-15-13(16(22)21(10-4-2)17(20)23)18-14(19-15)11-5-7-12(8-6-11)27(24,25)26;1-3-18-13-11(14(20)19(4-2)15(18)21)16-12(17-13)10-8-6-5-7-9-10;1-6(2)4-14-8-7(11-5-12-8)9(15)13(3)10(14)16;1-10-3-8-5-4(10)6(12)11(2)7(13)9-5/h8-11H,6-7,12-15H2,1-5H3,(H,23,24);5-8H,3-4,9-11,20H2,1-2H3,(H,21,26)(H,22,23);5-8H,3-4,9-10H2,1-2H3,(H,18,19)(H,24,25,26);5-9H,3-4H2,1-2H3,(H,16,17);5-6H,4H2,1-3H3,(H,11,12);3H,1-2H3,(H,9,13)/p-1. The van der Waals surface area contributed by atoms with E-state index >= 15 is 0 Å². The van der Waals surface area contributed by atoms with Gasteiger partial charge in [0.25, 0.3) is 39.3 Å². The number of nitrogens with two attached hydrogens (primary N) is 1. The van der Waals surface area contributed by atoms with Crippen LogP contribution in [0.1, 0.15) is 94.9 Å². The van der Waals surface area contributed by atoms with Crippen LogP contribution in [0.4, 0.5) is 0 Å². The van der Waals surface area contributed by atoms with E-state index in [9.17, 15) is 83.7 Å². The van der Waals surface area contributed by atoms with Crippen LogP contribution in [0.5, 0.6) is 5.75 Å². The molecule has 0 fully saturated rings. The monoisotopic (exact) mass is 1950 g/mol. The van der Waals surface area contributed by atoms with Gasteiger partial charge in [-0.05, 0) is 134 Å². The van der Waals surface area contributed by atoms with Crippen LogP contribution in [0.25, 0.3) is 113 Å².